The predicted octanol–water partition coefficient (Wildman–Crippen LogP) is 3.13. The zero-order valence-corrected chi connectivity index (χ0v) is 8.21. The summed E-state index contributed by atoms with van der Waals surface area (Å²) in [6.07, 6.45) is -4.35. The lowest BCUT2D eigenvalue weighted by atomic mass is 10.1. The van der Waals surface area contributed by atoms with Crippen LogP contribution in [0.1, 0.15) is 16.7 Å². The Balaban J connectivity index is 3.30. The Labute approximate surface area is 84.7 Å². The van der Waals surface area contributed by atoms with E-state index in [9.17, 15) is 13.2 Å². The predicted molar refractivity (Wildman–Crippen MR) is 49.1 cm³/mol. The highest BCUT2D eigenvalue weighted by molar-refractivity contribution is 6.32. The first kappa shape index (κ1) is 11.3. The molecule has 0 saturated heterocycles. The van der Waals surface area contributed by atoms with Gasteiger partial charge in [0.25, 0.3) is 0 Å². The van der Waals surface area contributed by atoms with E-state index in [2.05, 4.69) is 0 Å². The molecule has 78 valence electrons. The van der Waals surface area contributed by atoms with Crippen LogP contribution in [-0.2, 0) is 12.7 Å². The average Bonchev–Trinajstić information content (AvgIpc) is 2.07. The Morgan fingerprint density at radius 2 is 1.93 bits per heavy atom. The summed E-state index contributed by atoms with van der Waals surface area (Å²) in [5.74, 6) is 0. The van der Waals surface area contributed by atoms with E-state index in [1.165, 1.54) is 6.92 Å². The third-order valence-corrected chi connectivity index (χ3v) is 2.42. The molecule has 0 radical (unpaired) electrons. The monoisotopic (exact) mass is 223 g/mol. The van der Waals surface area contributed by atoms with Gasteiger partial charge >= 0.3 is 6.18 Å². The van der Waals surface area contributed by atoms with Gasteiger partial charge in [0.05, 0.1) is 5.56 Å². The summed E-state index contributed by atoms with van der Waals surface area (Å²) in [6.45, 7) is 1.53. The minimum absolute atomic E-state index is 0.00356. The Kier molecular flexibility index (Phi) is 3.07. The van der Waals surface area contributed by atoms with E-state index in [0.717, 1.165) is 12.1 Å². The van der Waals surface area contributed by atoms with Crippen molar-refractivity contribution in [1.82, 2.24) is 0 Å². The van der Waals surface area contributed by atoms with Crippen LogP contribution in [0.2, 0.25) is 5.02 Å². The molecule has 0 fully saturated rings. The van der Waals surface area contributed by atoms with Crippen molar-refractivity contribution in [3.8, 4) is 0 Å². The van der Waals surface area contributed by atoms with Gasteiger partial charge in [0.15, 0.2) is 0 Å². The second kappa shape index (κ2) is 3.79. The summed E-state index contributed by atoms with van der Waals surface area (Å²) >= 11 is 5.77. The molecule has 1 aromatic rings. The van der Waals surface area contributed by atoms with Crippen molar-refractivity contribution in [2.75, 3.05) is 0 Å². The second-order valence-electron chi connectivity index (χ2n) is 2.97. The first-order valence-corrected chi connectivity index (χ1v) is 4.30. The molecule has 0 spiro atoms. The fourth-order valence-corrected chi connectivity index (χ4v) is 1.34. The van der Waals surface area contributed by atoms with Gasteiger partial charge in [-0.25, -0.2) is 0 Å². The number of hydrogen-bond acceptors (Lipinski definition) is 1. The van der Waals surface area contributed by atoms with Crippen molar-refractivity contribution in [3.05, 3.63) is 33.8 Å². The molecule has 14 heavy (non-hydrogen) atoms. The minimum atomic E-state index is -4.35. The smallest absolute Gasteiger partial charge is 0.326 e. The SMILES string of the molecule is Cc1cc(C(F)(F)F)cc(CN)c1Cl. The van der Waals surface area contributed by atoms with Gasteiger partial charge in [-0.05, 0) is 30.2 Å². The molecule has 0 amide bonds. The van der Waals surface area contributed by atoms with Crippen molar-refractivity contribution in [2.45, 2.75) is 19.6 Å². The van der Waals surface area contributed by atoms with Crippen molar-refractivity contribution in [2.24, 2.45) is 5.73 Å². The third kappa shape index (κ3) is 2.19. The number of aryl methyl sites for hydroxylation is 1. The quantitative estimate of drug-likeness (QED) is 0.778. The van der Waals surface area contributed by atoms with E-state index in [-0.39, 0.29) is 6.54 Å². The highest BCUT2D eigenvalue weighted by atomic mass is 35.5. The summed E-state index contributed by atoms with van der Waals surface area (Å²) in [5.41, 5.74) is 5.28. The zero-order chi connectivity index (χ0) is 10.9. The first-order valence-electron chi connectivity index (χ1n) is 3.92. The Hall–Kier alpha value is -0.740. The lowest BCUT2D eigenvalue weighted by molar-refractivity contribution is -0.137. The lowest BCUT2D eigenvalue weighted by Gasteiger charge is -2.11. The molecule has 1 aromatic carbocycles. The lowest BCUT2D eigenvalue weighted by Crippen LogP contribution is -2.08. The second-order valence-corrected chi connectivity index (χ2v) is 3.35. The van der Waals surface area contributed by atoms with Crippen LogP contribution in [0.5, 0.6) is 0 Å². The van der Waals surface area contributed by atoms with Crippen LogP contribution >= 0.6 is 11.6 Å². The van der Waals surface area contributed by atoms with Gasteiger partial charge in [-0.3, -0.25) is 0 Å². The van der Waals surface area contributed by atoms with E-state index >= 15 is 0 Å². The van der Waals surface area contributed by atoms with Crippen molar-refractivity contribution < 1.29 is 13.2 Å². The topological polar surface area (TPSA) is 26.0 Å². The normalized spacial score (nSPS) is 11.9. The van der Waals surface area contributed by atoms with Crippen LogP contribution in [-0.4, -0.2) is 0 Å². The third-order valence-electron chi connectivity index (χ3n) is 1.88. The maximum atomic E-state index is 12.3. The van der Waals surface area contributed by atoms with Crippen molar-refractivity contribution in [1.29, 1.82) is 0 Å². The number of halogens is 4. The van der Waals surface area contributed by atoms with Gasteiger partial charge in [0.1, 0.15) is 0 Å². The molecule has 0 aliphatic carbocycles. The summed E-state index contributed by atoms with van der Waals surface area (Å²) in [4.78, 5) is 0. The van der Waals surface area contributed by atoms with Crippen LogP contribution in [0.25, 0.3) is 0 Å². The zero-order valence-electron chi connectivity index (χ0n) is 7.45. The van der Waals surface area contributed by atoms with Crippen LogP contribution in [0, 0.1) is 6.92 Å². The largest absolute Gasteiger partial charge is 0.416 e. The molecule has 1 rings (SSSR count). The van der Waals surface area contributed by atoms with Crippen LogP contribution in [0.15, 0.2) is 12.1 Å². The van der Waals surface area contributed by atoms with Crippen LogP contribution in [0.3, 0.4) is 0 Å². The van der Waals surface area contributed by atoms with Crippen LogP contribution < -0.4 is 5.73 Å². The van der Waals surface area contributed by atoms with E-state index < -0.39 is 11.7 Å². The fourth-order valence-electron chi connectivity index (χ4n) is 1.15. The van der Waals surface area contributed by atoms with E-state index in [4.69, 9.17) is 17.3 Å². The highest BCUT2D eigenvalue weighted by Crippen LogP contribution is 2.33. The van der Waals surface area contributed by atoms with Crippen LogP contribution in [0.4, 0.5) is 13.2 Å². The number of benzene rings is 1. The highest BCUT2D eigenvalue weighted by Gasteiger charge is 2.31. The fraction of sp³-hybridized carbons (Fsp3) is 0.333. The van der Waals surface area contributed by atoms with E-state index in [1.54, 1.807) is 0 Å². The number of rotatable bonds is 1. The molecule has 0 aliphatic rings. The molecular weight excluding hydrogens is 215 g/mol. The molecular formula is C9H9ClF3N. The van der Waals surface area contributed by atoms with Gasteiger partial charge in [-0.1, -0.05) is 11.6 Å². The number of alkyl halides is 3. The van der Waals surface area contributed by atoms with E-state index in [0.29, 0.717) is 16.1 Å². The van der Waals surface area contributed by atoms with Gasteiger partial charge in [-0.15, -0.1) is 0 Å². The number of hydrogen-bond donors (Lipinski definition) is 1. The molecule has 5 heteroatoms. The van der Waals surface area contributed by atoms with Crippen molar-refractivity contribution >= 4 is 11.6 Å². The maximum absolute atomic E-state index is 12.3. The van der Waals surface area contributed by atoms with Gasteiger partial charge in [0.2, 0.25) is 0 Å². The van der Waals surface area contributed by atoms with Crippen molar-refractivity contribution in [3.63, 3.8) is 0 Å². The number of nitrogens with two attached hydrogens (primary N) is 1. The van der Waals surface area contributed by atoms with Gasteiger partial charge < -0.3 is 5.73 Å². The first-order chi connectivity index (χ1) is 6.36. The van der Waals surface area contributed by atoms with E-state index in [1.807, 2.05) is 0 Å². The molecule has 0 aliphatic heterocycles. The Morgan fingerprint density at radius 3 is 2.36 bits per heavy atom. The summed E-state index contributed by atoms with van der Waals surface area (Å²) < 4.78 is 37.0. The molecule has 0 atom stereocenters. The standard InChI is InChI=1S/C9H9ClF3N/c1-5-2-7(9(11,12)13)3-6(4-14)8(5)10/h2-3H,4,14H2,1H3. The summed E-state index contributed by atoms with van der Waals surface area (Å²) in [7, 11) is 0. The minimum Gasteiger partial charge on any atom is -0.326 e. The Bertz CT molecular complexity index is 347. The summed E-state index contributed by atoms with van der Waals surface area (Å²) in [6, 6.07) is 2.00. The average molecular weight is 224 g/mol. The molecule has 0 bridgehead atoms. The molecule has 0 saturated carbocycles. The van der Waals surface area contributed by atoms with Gasteiger partial charge in [0, 0.05) is 11.6 Å². The Morgan fingerprint density at radius 1 is 1.36 bits per heavy atom. The molecule has 0 heterocycles. The molecule has 0 aromatic heterocycles. The molecule has 0 unspecified atom stereocenters. The molecule has 2 N–H and O–H groups in total. The maximum Gasteiger partial charge on any atom is 0.416 e. The summed E-state index contributed by atoms with van der Waals surface area (Å²) in [5, 5.41) is 0.306. The van der Waals surface area contributed by atoms with Gasteiger partial charge in [-0.2, -0.15) is 13.2 Å². The molecule has 1 nitrogen and oxygen atoms in total.